The monoisotopic (exact) mass is 347 g/mol. The van der Waals surface area contributed by atoms with E-state index in [1.807, 2.05) is 0 Å². The van der Waals surface area contributed by atoms with Gasteiger partial charge in [0.15, 0.2) is 0 Å². The van der Waals surface area contributed by atoms with Crippen molar-refractivity contribution in [3.05, 3.63) is 46.3 Å². The zero-order chi connectivity index (χ0) is 13.2. The van der Waals surface area contributed by atoms with E-state index in [4.69, 9.17) is 11.6 Å². The van der Waals surface area contributed by atoms with E-state index in [2.05, 4.69) is 30.6 Å². The lowest BCUT2D eigenvalue weighted by atomic mass is 10.4. The molecule has 18 heavy (non-hydrogen) atoms. The van der Waals surface area contributed by atoms with Crippen LogP contribution < -0.4 is 4.72 Å². The van der Waals surface area contributed by atoms with Crippen LogP contribution in [0.4, 0.5) is 5.82 Å². The average Bonchev–Trinajstić information content (AvgIpc) is 2.28. The Hall–Kier alpha value is -1.18. The van der Waals surface area contributed by atoms with Crippen LogP contribution in [0, 0.1) is 0 Å². The van der Waals surface area contributed by atoms with E-state index in [0.717, 1.165) is 0 Å². The van der Waals surface area contributed by atoms with E-state index in [0.29, 0.717) is 4.47 Å². The first-order valence-corrected chi connectivity index (χ1v) is 7.40. The number of nitrogens with zero attached hydrogens (tertiary/aromatic N) is 2. The van der Waals surface area contributed by atoms with Crippen LogP contribution in [0.5, 0.6) is 0 Å². The van der Waals surface area contributed by atoms with Crippen molar-refractivity contribution in [2.75, 3.05) is 4.72 Å². The summed E-state index contributed by atoms with van der Waals surface area (Å²) in [6.07, 6.45) is 1.37. The van der Waals surface area contributed by atoms with E-state index in [9.17, 15) is 8.42 Å². The number of rotatable bonds is 3. The summed E-state index contributed by atoms with van der Waals surface area (Å²) in [5, 5.41) is -0.0237. The van der Waals surface area contributed by atoms with Crippen molar-refractivity contribution in [2.24, 2.45) is 0 Å². The largest absolute Gasteiger partial charge is 0.263 e. The summed E-state index contributed by atoms with van der Waals surface area (Å²) < 4.78 is 27.1. The summed E-state index contributed by atoms with van der Waals surface area (Å²) in [4.78, 5) is 7.56. The highest BCUT2D eigenvalue weighted by Crippen LogP contribution is 2.18. The minimum atomic E-state index is -3.68. The van der Waals surface area contributed by atoms with E-state index in [1.54, 1.807) is 12.1 Å². The van der Waals surface area contributed by atoms with Crippen molar-refractivity contribution < 1.29 is 8.42 Å². The van der Waals surface area contributed by atoms with Crippen LogP contribution in [-0.4, -0.2) is 18.4 Å². The summed E-state index contributed by atoms with van der Waals surface area (Å²) in [6.45, 7) is 0. The van der Waals surface area contributed by atoms with Crippen molar-refractivity contribution in [1.29, 1.82) is 0 Å². The first kappa shape index (κ1) is 13.3. The number of nitrogens with one attached hydrogen (secondary N) is 1. The number of sulfonamides is 1. The molecule has 1 aromatic heterocycles. The van der Waals surface area contributed by atoms with Gasteiger partial charge < -0.3 is 0 Å². The van der Waals surface area contributed by atoms with Crippen LogP contribution >= 0.6 is 27.5 Å². The van der Waals surface area contributed by atoms with Gasteiger partial charge >= 0.3 is 0 Å². The van der Waals surface area contributed by atoms with Crippen LogP contribution in [-0.2, 0) is 10.0 Å². The molecule has 0 amide bonds. The third-order valence-electron chi connectivity index (χ3n) is 1.97. The normalized spacial score (nSPS) is 11.2. The zero-order valence-electron chi connectivity index (χ0n) is 8.84. The van der Waals surface area contributed by atoms with Crippen molar-refractivity contribution in [3.63, 3.8) is 0 Å². The topological polar surface area (TPSA) is 72.0 Å². The second-order valence-corrected chi connectivity index (χ2v) is 6.21. The molecule has 0 aliphatic heterocycles. The van der Waals surface area contributed by atoms with E-state index < -0.39 is 10.0 Å². The molecule has 0 aliphatic carbocycles. The minimum Gasteiger partial charge on any atom is -0.263 e. The lowest BCUT2D eigenvalue weighted by molar-refractivity contribution is 0.601. The molecule has 0 unspecified atom stereocenters. The second kappa shape index (κ2) is 5.21. The molecule has 1 aromatic carbocycles. The number of benzene rings is 1. The Morgan fingerprint density at radius 1 is 1.28 bits per heavy atom. The maximum absolute atomic E-state index is 12.0. The van der Waals surface area contributed by atoms with Gasteiger partial charge in [-0.1, -0.05) is 22.0 Å². The molecule has 0 aliphatic rings. The highest BCUT2D eigenvalue weighted by Gasteiger charge is 2.15. The maximum atomic E-state index is 12.0. The van der Waals surface area contributed by atoms with Gasteiger partial charge in [0.25, 0.3) is 10.0 Å². The molecule has 0 spiro atoms. The first-order chi connectivity index (χ1) is 8.47. The molecular weight excluding hydrogens is 342 g/mol. The van der Waals surface area contributed by atoms with Gasteiger partial charge in [0.05, 0.1) is 4.90 Å². The summed E-state index contributed by atoms with van der Waals surface area (Å²) in [7, 11) is -3.68. The average molecular weight is 349 g/mol. The molecule has 0 saturated carbocycles. The number of aromatic nitrogens is 2. The van der Waals surface area contributed by atoms with Crippen LogP contribution in [0.2, 0.25) is 5.28 Å². The molecular formula is C10H7BrClN3O2S. The summed E-state index contributed by atoms with van der Waals surface area (Å²) in [5.74, 6) is 0.120. The number of hydrogen-bond donors (Lipinski definition) is 1. The minimum absolute atomic E-state index is 0.0237. The number of anilines is 1. The molecule has 94 valence electrons. The Balaban J connectivity index is 2.33. The molecule has 5 nitrogen and oxygen atoms in total. The number of halogens is 2. The molecule has 0 fully saturated rings. The van der Waals surface area contributed by atoms with Gasteiger partial charge in [0.2, 0.25) is 5.28 Å². The van der Waals surface area contributed by atoms with Crippen molar-refractivity contribution in [1.82, 2.24) is 9.97 Å². The molecule has 2 rings (SSSR count). The van der Waals surface area contributed by atoms with Crippen LogP contribution in [0.1, 0.15) is 0 Å². The van der Waals surface area contributed by atoms with Gasteiger partial charge in [-0.3, -0.25) is 4.72 Å². The molecule has 0 saturated heterocycles. The smallest absolute Gasteiger partial charge is 0.263 e. The van der Waals surface area contributed by atoms with Crippen LogP contribution in [0.25, 0.3) is 0 Å². The van der Waals surface area contributed by atoms with Crippen LogP contribution in [0.15, 0.2) is 45.9 Å². The molecule has 0 radical (unpaired) electrons. The highest BCUT2D eigenvalue weighted by atomic mass is 79.9. The summed E-state index contributed by atoms with van der Waals surface area (Å²) in [6, 6.07) is 7.76. The Morgan fingerprint density at radius 3 is 2.72 bits per heavy atom. The Morgan fingerprint density at radius 2 is 2.06 bits per heavy atom. The zero-order valence-corrected chi connectivity index (χ0v) is 12.0. The predicted octanol–water partition coefficient (Wildman–Crippen LogP) is 2.69. The lowest BCUT2D eigenvalue weighted by Crippen LogP contribution is -2.14. The Bertz CT molecular complexity index is 678. The Labute approximate surface area is 117 Å². The molecule has 1 N–H and O–H groups in total. The highest BCUT2D eigenvalue weighted by molar-refractivity contribution is 9.10. The predicted molar refractivity (Wildman–Crippen MR) is 72.0 cm³/mol. The van der Waals surface area contributed by atoms with Gasteiger partial charge in [-0.25, -0.2) is 13.4 Å². The fourth-order valence-corrected chi connectivity index (χ4v) is 2.97. The molecule has 0 atom stereocenters. The van der Waals surface area contributed by atoms with E-state index in [1.165, 1.54) is 24.4 Å². The summed E-state index contributed by atoms with van der Waals surface area (Å²) >= 11 is 8.79. The summed E-state index contributed by atoms with van der Waals surface area (Å²) in [5.41, 5.74) is 0. The molecule has 1 heterocycles. The van der Waals surface area contributed by atoms with Crippen LogP contribution in [0.3, 0.4) is 0 Å². The first-order valence-electron chi connectivity index (χ1n) is 4.74. The van der Waals surface area contributed by atoms with Gasteiger partial charge in [-0.2, -0.15) is 4.98 Å². The van der Waals surface area contributed by atoms with Gasteiger partial charge in [-0.15, -0.1) is 0 Å². The Kier molecular flexibility index (Phi) is 3.84. The van der Waals surface area contributed by atoms with E-state index in [-0.39, 0.29) is 16.0 Å². The fourth-order valence-electron chi connectivity index (χ4n) is 1.22. The standard InChI is InChI=1S/C10H7BrClN3O2S/c11-7-2-1-3-8(6-7)18(16,17)15-9-4-5-13-10(12)14-9/h1-6H,(H,13,14,15). The molecule has 8 heteroatoms. The molecule has 0 bridgehead atoms. The SMILES string of the molecule is O=S(=O)(Nc1ccnc(Cl)n1)c1cccc(Br)c1. The number of hydrogen-bond acceptors (Lipinski definition) is 4. The quantitative estimate of drug-likeness (QED) is 0.866. The van der Waals surface area contributed by atoms with Crippen molar-refractivity contribution in [3.8, 4) is 0 Å². The third-order valence-corrected chi connectivity index (χ3v) is 4.00. The van der Waals surface area contributed by atoms with Gasteiger partial charge in [-0.05, 0) is 35.9 Å². The van der Waals surface area contributed by atoms with Gasteiger partial charge in [0, 0.05) is 10.7 Å². The lowest BCUT2D eigenvalue weighted by Gasteiger charge is -2.07. The van der Waals surface area contributed by atoms with Crippen molar-refractivity contribution in [2.45, 2.75) is 4.90 Å². The van der Waals surface area contributed by atoms with E-state index >= 15 is 0 Å². The maximum Gasteiger partial charge on any atom is 0.263 e. The second-order valence-electron chi connectivity index (χ2n) is 3.27. The van der Waals surface area contributed by atoms with Crippen molar-refractivity contribution >= 4 is 43.4 Å². The molecule has 2 aromatic rings. The fraction of sp³-hybridized carbons (Fsp3) is 0. The third kappa shape index (κ3) is 3.18. The van der Waals surface area contributed by atoms with Gasteiger partial charge in [0.1, 0.15) is 5.82 Å².